The quantitative estimate of drug-likeness (QED) is 0.423. The van der Waals surface area contributed by atoms with Crippen LogP contribution in [-0.2, 0) is 11.1 Å². The first-order chi connectivity index (χ1) is 14.3. The van der Waals surface area contributed by atoms with Crippen molar-refractivity contribution in [1.82, 2.24) is 9.88 Å². The molecule has 0 bridgehead atoms. The molecule has 0 radical (unpaired) electrons. The maximum absolute atomic E-state index is 13.7. The van der Waals surface area contributed by atoms with Crippen LogP contribution in [0.25, 0.3) is 0 Å². The van der Waals surface area contributed by atoms with E-state index in [2.05, 4.69) is 10.6 Å². The number of carbonyl (C=O) groups is 3. The minimum atomic E-state index is -5.08. The molecule has 0 aliphatic heterocycles. The molecule has 0 fully saturated rings. The van der Waals surface area contributed by atoms with E-state index in [0.717, 1.165) is 32.0 Å². The lowest BCUT2D eigenvalue weighted by Gasteiger charge is -2.15. The van der Waals surface area contributed by atoms with Gasteiger partial charge in [-0.15, -0.1) is 13.2 Å². The van der Waals surface area contributed by atoms with Crippen LogP contribution < -0.4 is 10.6 Å². The van der Waals surface area contributed by atoms with Crippen LogP contribution in [0.3, 0.4) is 0 Å². The molecule has 0 unspecified atom stereocenters. The first kappa shape index (κ1) is 23.6. The van der Waals surface area contributed by atoms with E-state index in [-0.39, 0.29) is 21.4 Å². The summed E-state index contributed by atoms with van der Waals surface area (Å²) in [4.78, 5) is 37.3. The van der Waals surface area contributed by atoms with Crippen LogP contribution >= 0.6 is 0 Å². The first-order valence-electron chi connectivity index (χ1n) is 8.94. The van der Waals surface area contributed by atoms with Crippen LogP contribution in [0.15, 0.2) is 18.2 Å². The number of aromatic nitrogens is 1. The van der Waals surface area contributed by atoms with Crippen molar-refractivity contribution in [2.75, 3.05) is 5.32 Å². The summed E-state index contributed by atoms with van der Waals surface area (Å²) >= 11 is 0. The molecule has 1 aromatic carbocycles. The lowest BCUT2D eigenvalue weighted by atomic mass is 10.1. The summed E-state index contributed by atoms with van der Waals surface area (Å²) in [5.41, 5.74) is -2.82. The molecule has 1 aromatic heterocycles. The Bertz CT molecular complexity index is 1110. The molecule has 2 amide bonds. The third-order valence-electron chi connectivity index (χ3n) is 4.32. The molecule has 7 nitrogen and oxygen atoms in total. The number of hydrogen-bond donors (Lipinski definition) is 2. The molecule has 0 aliphatic carbocycles. The average molecular weight is 438 g/mol. The monoisotopic (exact) mass is 438 g/mol. The minimum Gasteiger partial charge on any atom is -0.347 e. The number of nitrogens with zero attached hydrogens (tertiary/aromatic N) is 2. The van der Waals surface area contributed by atoms with Crippen molar-refractivity contribution in [3.63, 3.8) is 0 Å². The Labute approximate surface area is 174 Å². The number of anilines is 1. The molecular weight excluding hydrogens is 420 g/mol. The van der Waals surface area contributed by atoms with Gasteiger partial charge in [-0.25, -0.2) is 4.39 Å². The largest absolute Gasteiger partial charge is 0.489 e. The highest BCUT2D eigenvalue weighted by Gasteiger charge is 2.41. The van der Waals surface area contributed by atoms with Crippen molar-refractivity contribution in [3.8, 4) is 6.07 Å². The zero-order valence-corrected chi connectivity index (χ0v) is 16.9. The third-order valence-corrected chi connectivity index (χ3v) is 4.32. The van der Waals surface area contributed by atoms with E-state index in [1.165, 1.54) is 13.8 Å². The van der Waals surface area contributed by atoms with Crippen LogP contribution in [0.4, 0.5) is 23.2 Å². The lowest BCUT2D eigenvalue weighted by Crippen LogP contribution is -2.38. The molecular formula is C20H18F4N4O3. The molecule has 0 saturated carbocycles. The molecule has 0 atom stereocenters. The SMILES string of the molecule is Cc1c(C(=O)Nc2ccc(F)c(C#N)c2)c(C)n(C(F)(F)F)c1C(=O)C(=O)NC(C)C. The number of nitrogens with one attached hydrogen (secondary N) is 2. The summed E-state index contributed by atoms with van der Waals surface area (Å²) < 4.78 is 54.2. The van der Waals surface area contributed by atoms with E-state index in [0.29, 0.717) is 0 Å². The Morgan fingerprint density at radius 3 is 2.29 bits per heavy atom. The van der Waals surface area contributed by atoms with Gasteiger partial charge in [0.05, 0.1) is 11.1 Å². The molecule has 11 heteroatoms. The fourth-order valence-electron chi connectivity index (χ4n) is 3.08. The Kier molecular flexibility index (Phi) is 6.54. The minimum absolute atomic E-state index is 0.0352. The second-order valence-electron chi connectivity index (χ2n) is 6.96. The smallest absolute Gasteiger partial charge is 0.347 e. The lowest BCUT2D eigenvalue weighted by molar-refractivity contribution is -0.205. The summed E-state index contributed by atoms with van der Waals surface area (Å²) in [6.07, 6.45) is -5.08. The van der Waals surface area contributed by atoms with Gasteiger partial charge >= 0.3 is 6.30 Å². The maximum Gasteiger partial charge on any atom is 0.489 e. The highest BCUT2D eigenvalue weighted by Crippen LogP contribution is 2.33. The maximum atomic E-state index is 13.7. The first-order valence-corrected chi connectivity index (χ1v) is 8.94. The zero-order chi connectivity index (χ0) is 23.7. The second-order valence-corrected chi connectivity index (χ2v) is 6.96. The predicted molar refractivity (Wildman–Crippen MR) is 102 cm³/mol. The van der Waals surface area contributed by atoms with Crippen molar-refractivity contribution in [3.05, 3.63) is 52.1 Å². The van der Waals surface area contributed by atoms with Gasteiger partial charge in [-0.2, -0.15) is 5.26 Å². The molecule has 0 spiro atoms. The number of Topliss-reactive ketones (excluding diaryl/α,β-unsaturated/α-hetero) is 1. The van der Waals surface area contributed by atoms with Crippen LogP contribution in [-0.4, -0.2) is 28.2 Å². The summed E-state index contributed by atoms with van der Waals surface area (Å²) in [7, 11) is 0. The number of halogens is 4. The number of nitriles is 1. The number of carbonyl (C=O) groups excluding carboxylic acids is 3. The van der Waals surface area contributed by atoms with Crippen LogP contribution in [0.2, 0.25) is 0 Å². The van der Waals surface area contributed by atoms with E-state index >= 15 is 0 Å². The van der Waals surface area contributed by atoms with E-state index in [1.54, 1.807) is 6.07 Å². The fraction of sp³-hybridized carbons (Fsp3) is 0.300. The van der Waals surface area contributed by atoms with Crippen molar-refractivity contribution in [2.24, 2.45) is 0 Å². The van der Waals surface area contributed by atoms with Gasteiger partial charge in [0.25, 0.3) is 17.6 Å². The second kappa shape index (κ2) is 8.59. The summed E-state index contributed by atoms with van der Waals surface area (Å²) in [5, 5.41) is 13.4. The molecule has 2 rings (SSSR count). The molecule has 0 aliphatic rings. The molecule has 164 valence electrons. The standard InChI is InChI=1S/C20H18F4N4O3/c1-9(2)26-19(31)17(29)16-10(3)15(11(4)28(16)20(22,23)24)18(30)27-13-5-6-14(21)12(7-13)8-25/h5-7,9H,1-4H3,(H,26,31)(H,27,30). The number of hydrogen-bond acceptors (Lipinski definition) is 4. The van der Waals surface area contributed by atoms with E-state index in [1.807, 2.05) is 0 Å². The number of rotatable bonds is 5. The highest BCUT2D eigenvalue weighted by atomic mass is 19.4. The van der Waals surface area contributed by atoms with Gasteiger partial charge in [0.15, 0.2) is 0 Å². The molecule has 2 N–H and O–H groups in total. The summed E-state index contributed by atoms with van der Waals surface area (Å²) in [6, 6.07) is 4.14. The van der Waals surface area contributed by atoms with Gasteiger partial charge in [0.2, 0.25) is 0 Å². The topological polar surface area (TPSA) is 104 Å². The van der Waals surface area contributed by atoms with Gasteiger partial charge in [-0.05, 0) is 51.5 Å². The number of amides is 2. The van der Waals surface area contributed by atoms with Crippen molar-refractivity contribution in [2.45, 2.75) is 40.0 Å². The van der Waals surface area contributed by atoms with E-state index in [9.17, 15) is 31.9 Å². The van der Waals surface area contributed by atoms with Gasteiger partial charge < -0.3 is 10.6 Å². The van der Waals surface area contributed by atoms with E-state index < -0.39 is 52.7 Å². The Balaban J connectivity index is 2.58. The molecule has 1 heterocycles. The molecule has 0 saturated heterocycles. The van der Waals surface area contributed by atoms with Crippen LogP contribution in [0.5, 0.6) is 0 Å². The van der Waals surface area contributed by atoms with Crippen LogP contribution in [0, 0.1) is 31.0 Å². The fourth-order valence-corrected chi connectivity index (χ4v) is 3.08. The van der Waals surface area contributed by atoms with Gasteiger partial charge in [0.1, 0.15) is 17.6 Å². The molecule has 31 heavy (non-hydrogen) atoms. The number of benzene rings is 1. The Morgan fingerprint density at radius 2 is 1.77 bits per heavy atom. The van der Waals surface area contributed by atoms with Crippen molar-refractivity contribution >= 4 is 23.3 Å². The Morgan fingerprint density at radius 1 is 1.16 bits per heavy atom. The molecule has 2 aromatic rings. The number of alkyl halides is 3. The third kappa shape index (κ3) is 4.74. The van der Waals surface area contributed by atoms with Crippen molar-refractivity contribution < 1.29 is 31.9 Å². The van der Waals surface area contributed by atoms with Gasteiger partial charge in [-0.1, -0.05) is 0 Å². The van der Waals surface area contributed by atoms with Gasteiger partial charge in [-0.3, -0.25) is 19.0 Å². The highest BCUT2D eigenvalue weighted by molar-refractivity contribution is 6.43. The Hall–Kier alpha value is -3.68. The predicted octanol–water partition coefficient (Wildman–Crippen LogP) is 3.55. The van der Waals surface area contributed by atoms with Crippen LogP contribution in [0.1, 0.15) is 51.5 Å². The van der Waals surface area contributed by atoms with E-state index in [4.69, 9.17) is 5.26 Å². The van der Waals surface area contributed by atoms with Gasteiger partial charge in [0, 0.05) is 17.4 Å². The summed E-state index contributed by atoms with van der Waals surface area (Å²) in [6.45, 7) is 5.16. The normalized spacial score (nSPS) is 11.2. The number of ketones is 1. The van der Waals surface area contributed by atoms with Crippen molar-refractivity contribution in [1.29, 1.82) is 5.26 Å². The summed E-state index contributed by atoms with van der Waals surface area (Å²) in [5.74, 6) is -4.54. The average Bonchev–Trinajstić information content (AvgIpc) is 2.92. The zero-order valence-electron chi connectivity index (χ0n) is 16.9.